The number of amides is 1. The van der Waals surface area contributed by atoms with Gasteiger partial charge in [-0.15, -0.1) is 0 Å². The highest BCUT2D eigenvalue weighted by molar-refractivity contribution is 7.91. The Morgan fingerprint density at radius 2 is 1.81 bits per heavy atom. The molecule has 3 N–H and O–H groups in total. The zero-order valence-electron chi connectivity index (χ0n) is 22.9. The maximum Gasteiger partial charge on any atom is 0.407 e. The normalized spacial score (nSPS) is 16.9. The van der Waals surface area contributed by atoms with Crippen molar-refractivity contribution in [3.05, 3.63) is 90.3 Å². The molecule has 4 aromatic rings. The number of piperidine rings is 1. The third-order valence-electron chi connectivity index (χ3n) is 6.68. The minimum atomic E-state index is -4.03. The van der Waals surface area contributed by atoms with Crippen molar-refractivity contribution in [2.75, 3.05) is 23.1 Å². The lowest BCUT2D eigenvalue weighted by Crippen LogP contribution is -2.47. The monoisotopic (exact) mass is 610 g/mol. The van der Waals surface area contributed by atoms with E-state index in [1.165, 1.54) is 17.3 Å². The van der Waals surface area contributed by atoms with Gasteiger partial charge in [-0.1, -0.05) is 37.3 Å². The summed E-state index contributed by atoms with van der Waals surface area (Å²) in [5.74, 6) is -3.45. The summed E-state index contributed by atoms with van der Waals surface area (Å²) in [6, 6.07) is 15.1. The van der Waals surface area contributed by atoms with Crippen molar-refractivity contribution < 1.29 is 31.8 Å². The van der Waals surface area contributed by atoms with Crippen LogP contribution in [0.1, 0.15) is 18.9 Å². The Kier molecular flexibility index (Phi) is 8.66. The average Bonchev–Trinajstić information content (AvgIpc) is 2.97. The van der Waals surface area contributed by atoms with Crippen molar-refractivity contribution in [3.8, 4) is 22.9 Å². The number of ether oxygens (including phenoxy) is 1. The predicted octanol–water partition coefficient (Wildman–Crippen LogP) is 5.35. The van der Waals surface area contributed by atoms with Crippen molar-refractivity contribution in [2.24, 2.45) is 5.92 Å². The van der Waals surface area contributed by atoms with Gasteiger partial charge in [0, 0.05) is 31.5 Å². The van der Waals surface area contributed by atoms with Crippen LogP contribution in [-0.4, -0.2) is 58.6 Å². The molecular weight excluding hydrogens is 582 g/mol. The van der Waals surface area contributed by atoms with E-state index < -0.39 is 44.9 Å². The first-order valence-electron chi connectivity index (χ1n) is 13.3. The first-order chi connectivity index (χ1) is 20.6. The molecule has 1 aliphatic rings. The average molecular weight is 611 g/mol. The van der Waals surface area contributed by atoms with Crippen LogP contribution in [-0.2, 0) is 15.8 Å². The molecule has 1 saturated heterocycles. The van der Waals surface area contributed by atoms with Gasteiger partial charge in [-0.25, -0.2) is 32.6 Å². The lowest BCUT2D eigenvalue weighted by atomic mass is 9.96. The number of hydrogen-bond donors (Lipinski definition) is 3. The van der Waals surface area contributed by atoms with Crippen LogP contribution in [0.15, 0.2) is 73.1 Å². The van der Waals surface area contributed by atoms with E-state index in [4.69, 9.17) is 4.74 Å². The van der Waals surface area contributed by atoms with Gasteiger partial charge >= 0.3 is 6.09 Å². The first kappa shape index (κ1) is 29.6. The summed E-state index contributed by atoms with van der Waals surface area (Å²) in [6.07, 6.45) is 2.64. The first-order valence-corrected chi connectivity index (χ1v) is 15.0. The molecule has 0 aliphatic carbocycles. The Morgan fingerprint density at radius 3 is 2.58 bits per heavy atom. The molecule has 2 aromatic carbocycles. The molecule has 5 rings (SSSR count). The molecule has 0 saturated carbocycles. The quantitative estimate of drug-likeness (QED) is 0.228. The molecule has 1 aliphatic heterocycles. The smallest absolute Gasteiger partial charge is 0.407 e. The van der Waals surface area contributed by atoms with Crippen LogP contribution in [0.5, 0.6) is 11.6 Å². The molecule has 0 radical (unpaired) electrons. The fourth-order valence-corrected chi connectivity index (χ4v) is 6.03. The van der Waals surface area contributed by atoms with Crippen LogP contribution in [0.3, 0.4) is 0 Å². The van der Waals surface area contributed by atoms with E-state index in [1.807, 2.05) is 6.92 Å². The molecule has 2 atom stereocenters. The van der Waals surface area contributed by atoms with Crippen molar-refractivity contribution in [3.63, 3.8) is 0 Å². The number of likely N-dealkylation sites (tertiary alicyclic amines) is 1. The molecular formula is C29H28F2N6O5S. The van der Waals surface area contributed by atoms with Crippen LogP contribution < -0.4 is 14.8 Å². The van der Waals surface area contributed by atoms with Crippen LogP contribution >= 0.6 is 0 Å². The molecule has 3 heterocycles. The molecule has 1 amide bonds. The zero-order chi connectivity index (χ0) is 30.6. The lowest BCUT2D eigenvalue weighted by Gasteiger charge is -2.35. The van der Waals surface area contributed by atoms with Gasteiger partial charge in [-0.3, -0.25) is 4.72 Å². The van der Waals surface area contributed by atoms with Gasteiger partial charge in [0.2, 0.25) is 27.7 Å². The predicted molar refractivity (Wildman–Crippen MR) is 155 cm³/mol. The highest BCUT2D eigenvalue weighted by Gasteiger charge is 2.28. The van der Waals surface area contributed by atoms with Gasteiger partial charge in [0.05, 0.1) is 22.7 Å². The number of rotatable bonds is 9. The lowest BCUT2D eigenvalue weighted by molar-refractivity contribution is 0.119. The largest absolute Gasteiger partial charge is 0.465 e. The van der Waals surface area contributed by atoms with E-state index in [1.54, 1.807) is 48.5 Å². The van der Waals surface area contributed by atoms with E-state index >= 15 is 4.39 Å². The molecule has 1 fully saturated rings. The highest BCUT2D eigenvalue weighted by Crippen LogP contribution is 2.34. The maximum atomic E-state index is 15.1. The Morgan fingerprint density at radius 1 is 1.02 bits per heavy atom. The number of benzene rings is 2. The number of carbonyl (C=O) groups is 1. The Hall–Kier alpha value is -4.85. The number of carboxylic acid groups (broad SMARTS) is 1. The molecule has 0 spiro atoms. The van der Waals surface area contributed by atoms with E-state index in [2.05, 4.69) is 25.0 Å². The summed E-state index contributed by atoms with van der Waals surface area (Å²) in [5.41, 5.74) is 0.638. The summed E-state index contributed by atoms with van der Waals surface area (Å²) < 4.78 is 62.9. The van der Waals surface area contributed by atoms with E-state index in [0.29, 0.717) is 23.4 Å². The third-order valence-corrected chi connectivity index (χ3v) is 7.93. The number of aromatic nitrogens is 3. The van der Waals surface area contributed by atoms with Crippen LogP contribution in [0.4, 0.5) is 25.2 Å². The Balaban J connectivity index is 1.34. The van der Waals surface area contributed by atoms with Gasteiger partial charge in [0.1, 0.15) is 0 Å². The molecule has 0 unspecified atom stereocenters. The second kappa shape index (κ2) is 12.6. The minimum absolute atomic E-state index is 0.0776. The van der Waals surface area contributed by atoms with E-state index in [-0.39, 0.29) is 30.3 Å². The molecule has 0 bridgehead atoms. The summed E-state index contributed by atoms with van der Waals surface area (Å²) in [7, 11) is -4.03. The van der Waals surface area contributed by atoms with E-state index in [0.717, 1.165) is 18.6 Å². The van der Waals surface area contributed by atoms with Crippen LogP contribution in [0, 0.1) is 17.6 Å². The number of sulfonamides is 1. The number of nitrogens with one attached hydrogen (secondary N) is 2. The van der Waals surface area contributed by atoms with Crippen molar-refractivity contribution in [1.82, 2.24) is 19.9 Å². The van der Waals surface area contributed by atoms with Gasteiger partial charge < -0.3 is 20.1 Å². The Labute approximate surface area is 246 Å². The molecule has 224 valence electrons. The minimum Gasteiger partial charge on any atom is -0.465 e. The zero-order valence-corrected chi connectivity index (χ0v) is 23.8. The summed E-state index contributed by atoms with van der Waals surface area (Å²) in [4.78, 5) is 25.7. The van der Waals surface area contributed by atoms with Crippen molar-refractivity contribution in [2.45, 2.75) is 25.1 Å². The molecule has 11 nitrogen and oxygen atoms in total. The topological polar surface area (TPSA) is 147 Å². The second-order valence-corrected chi connectivity index (χ2v) is 11.9. The highest BCUT2D eigenvalue weighted by atomic mass is 32.2. The SMILES string of the molecule is C[C@@H]1C[C@H](Nc2nccc(-c3cccnc3Oc3ccc(NS(=O)(=O)Cc4ccccc4)c(F)c3F)n2)CN(C(=O)O)C1. The van der Waals surface area contributed by atoms with Gasteiger partial charge in [0.15, 0.2) is 11.6 Å². The standard InChI is InChI=1S/C29H28F2N6O5S/c1-18-14-20(16-37(15-18)29(38)39)34-28-33-13-11-22(35-28)21-8-5-12-32-27(21)42-24-10-9-23(25(30)26(24)31)36-43(40,41)17-19-6-3-2-4-7-19/h2-13,18,20,36H,14-17H2,1H3,(H,38,39)(H,33,34,35)/t18-,20+/m1/s1. The molecule has 14 heteroatoms. The van der Waals surface area contributed by atoms with Crippen molar-refractivity contribution >= 4 is 27.8 Å². The molecule has 2 aromatic heterocycles. The maximum absolute atomic E-state index is 15.1. The summed E-state index contributed by atoms with van der Waals surface area (Å²) >= 11 is 0. The van der Waals surface area contributed by atoms with Crippen LogP contribution in [0.25, 0.3) is 11.3 Å². The second-order valence-electron chi connectivity index (χ2n) is 10.2. The number of nitrogens with zero attached hydrogens (tertiary/aromatic N) is 4. The Bertz CT molecular complexity index is 1730. The number of pyridine rings is 1. The van der Waals surface area contributed by atoms with Crippen LogP contribution in [0.2, 0.25) is 0 Å². The number of hydrogen-bond acceptors (Lipinski definition) is 8. The fourth-order valence-electron chi connectivity index (χ4n) is 4.83. The summed E-state index contributed by atoms with van der Waals surface area (Å²) in [6.45, 7) is 2.69. The van der Waals surface area contributed by atoms with E-state index in [9.17, 15) is 22.7 Å². The number of halogens is 2. The number of anilines is 2. The van der Waals surface area contributed by atoms with Crippen molar-refractivity contribution in [1.29, 1.82) is 0 Å². The van der Waals surface area contributed by atoms with Gasteiger partial charge in [-0.2, -0.15) is 4.39 Å². The summed E-state index contributed by atoms with van der Waals surface area (Å²) in [5, 5.41) is 12.6. The van der Waals surface area contributed by atoms with Gasteiger partial charge in [-0.05, 0) is 48.2 Å². The van der Waals surface area contributed by atoms with Gasteiger partial charge in [0.25, 0.3) is 0 Å². The third kappa shape index (κ3) is 7.33. The fraction of sp³-hybridized carbons (Fsp3) is 0.241. The molecule has 43 heavy (non-hydrogen) atoms.